The van der Waals surface area contributed by atoms with E-state index in [1.165, 1.54) is 22.8 Å². The van der Waals surface area contributed by atoms with Crippen LogP contribution in [0.3, 0.4) is 0 Å². The van der Waals surface area contributed by atoms with Crippen molar-refractivity contribution in [3.8, 4) is 28.5 Å². The van der Waals surface area contributed by atoms with Crippen LogP contribution >= 0.6 is 34.5 Å². The van der Waals surface area contributed by atoms with Crippen molar-refractivity contribution in [2.45, 2.75) is 6.92 Å². The van der Waals surface area contributed by atoms with E-state index >= 15 is 0 Å². The number of nitrogens with zero attached hydrogens (tertiary/aromatic N) is 3. The number of rotatable bonds is 4. The van der Waals surface area contributed by atoms with Crippen molar-refractivity contribution in [3.63, 3.8) is 0 Å². The average molecular weight is 498 g/mol. The zero-order valence-corrected chi connectivity index (χ0v) is 19.2. The Morgan fingerprint density at radius 3 is 2.70 bits per heavy atom. The minimum atomic E-state index is -0.455. The summed E-state index contributed by atoms with van der Waals surface area (Å²) in [5.74, 6) is 1.26. The first-order valence-electron chi connectivity index (χ1n) is 9.63. The van der Waals surface area contributed by atoms with Crippen LogP contribution in [0.1, 0.15) is 12.7 Å². The maximum atomic E-state index is 12.9. The van der Waals surface area contributed by atoms with E-state index in [4.69, 9.17) is 32.4 Å². The summed E-state index contributed by atoms with van der Waals surface area (Å²) in [4.78, 5) is 29.1. The number of halogens is 2. The van der Waals surface area contributed by atoms with Gasteiger partial charge in [0.15, 0.2) is 5.82 Å². The lowest BCUT2D eigenvalue weighted by Gasteiger charge is -2.04. The number of furan rings is 1. The largest absolute Gasteiger partial charge is 0.457 e. The number of carbonyl (C=O) groups excluding carboxylic acids is 1. The Bertz CT molecular complexity index is 1640. The van der Waals surface area contributed by atoms with Crippen LogP contribution in [-0.4, -0.2) is 20.6 Å². The zero-order chi connectivity index (χ0) is 23.1. The minimum Gasteiger partial charge on any atom is -0.457 e. The molecule has 10 heteroatoms. The first kappa shape index (κ1) is 21.4. The Morgan fingerprint density at radius 2 is 1.94 bits per heavy atom. The SMILES string of the molecule is CC(=O)Oc1ccccc1-c1nc2s/c(=C\c3ccc(-c4ccc(Cl)c(Cl)c4)o3)c(=O)n2n1. The van der Waals surface area contributed by atoms with Crippen LogP contribution in [-0.2, 0) is 4.79 Å². The molecule has 0 unspecified atom stereocenters. The van der Waals surface area contributed by atoms with Gasteiger partial charge in [-0.15, -0.1) is 5.10 Å². The molecule has 0 aliphatic heterocycles. The van der Waals surface area contributed by atoms with Crippen LogP contribution in [0, 0.1) is 0 Å². The summed E-state index contributed by atoms with van der Waals surface area (Å²) in [5.41, 5.74) is 0.960. The fraction of sp³-hybridized carbons (Fsp3) is 0.0435. The number of hydrogen-bond donors (Lipinski definition) is 0. The smallest absolute Gasteiger partial charge is 0.308 e. The van der Waals surface area contributed by atoms with Crippen LogP contribution in [0.2, 0.25) is 10.0 Å². The number of carbonyl (C=O) groups is 1. The van der Waals surface area contributed by atoms with Gasteiger partial charge < -0.3 is 9.15 Å². The molecule has 0 aliphatic carbocycles. The summed E-state index contributed by atoms with van der Waals surface area (Å²) in [7, 11) is 0. The molecule has 0 atom stereocenters. The van der Waals surface area contributed by atoms with Gasteiger partial charge in [0.05, 0.1) is 15.6 Å². The number of ether oxygens (including phenoxy) is 1. The summed E-state index contributed by atoms with van der Waals surface area (Å²) in [6.45, 7) is 1.31. The van der Waals surface area contributed by atoms with Gasteiger partial charge in [0, 0.05) is 18.6 Å². The van der Waals surface area contributed by atoms with Crippen LogP contribution in [0.25, 0.3) is 33.7 Å². The van der Waals surface area contributed by atoms with E-state index in [0.717, 1.165) is 5.56 Å². The van der Waals surface area contributed by atoms with E-state index in [-0.39, 0.29) is 5.56 Å². The highest BCUT2D eigenvalue weighted by Crippen LogP contribution is 2.30. The number of esters is 1. The molecule has 3 heterocycles. The maximum Gasteiger partial charge on any atom is 0.308 e. The second-order valence-electron chi connectivity index (χ2n) is 6.97. The van der Waals surface area contributed by atoms with E-state index in [1.54, 1.807) is 60.7 Å². The molecule has 0 saturated heterocycles. The Labute approximate surface area is 200 Å². The van der Waals surface area contributed by atoms with Crippen molar-refractivity contribution in [2.75, 3.05) is 0 Å². The molecular formula is C23H13Cl2N3O4S. The van der Waals surface area contributed by atoms with Crippen molar-refractivity contribution < 1.29 is 13.9 Å². The Morgan fingerprint density at radius 1 is 1.12 bits per heavy atom. The Kier molecular flexibility index (Phi) is 5.49. The van der Waals surface area contributed by atoms with Gasteiger partial charge in [-0.3, -0.25) is 9.59 Å². The number of hydrogen-bond acceptors (Lipinski definition) is 7. The van der Waals surface area contributed by atoms with E-state index < -0.39 is 5.97 Å². The van der Waals surface area contributed by atoms with Crippen molar-refractivity contribution in [2.24, 2.45) is 0 Å². The third-order valence-corrected chi connectivity index (χ3v) is 6.37. The first-order valence-corrected chi connectivity index (χ1v) is 11.2. The van der Waals surface area contributed by atoms with Crippen LogP contribution in [0.15, 0.2) is 63.8 Å². The van der Waals surface area contributed by atoms with Crippen LogP contribution in [0.5, 0.6) is 5.75 Å². The van der Waals surface area contributed by atoms with Gasteiger partial charge in [-0.25, -0.2) is 0 Å². The third kappa shape index (κ3) is 4.16. The fourth-order valence-electron chi connectivity index (χ4n) is 3.21. The fourth-order valence-corrected chi connectivity index (χ4v) is 4.39. The molecule has 5 aromatic rings. The highest BCUT2D eigenvalue weighted by Gasteiger charge is 2.16. The predicted molar refractivity (Wildman–Crippen MR) is 127 cm³/mol. The highest BCUT2D eigenvalue weighted by atomic mass is 35.5. The second-order valence-corrected chi connectivity index (χ2v) is 8.79. The lowest BCUT2D eigenvalue weighted by Crippen LogP contribution is -2.23. The van der Waals surface area contributed by atoms with Gasteiger partial charge in [-0.1, -0.05) is 46.7 Å². The van der Waals surface area contributed by atoms with E-state index in [0.29, 0.717) is 48.2 Å². The molecule has 164 valence electrons. The van der Waals surface area contributed by atoms with Crippen LogP contribution < -0.4 is 14.8 Å². The quantitative estimate of drug-likeness (QED) is 0.260. The summed E-state index contributed by atoms with van der Waals surface area (Å²) >= 11 is 13.2. The lowest BCUT2D eigenvalue weighted by atomic mass is 10.2. The Hall–Kier alpha value is -3.46. The van der Waals surface area contributed by atoms with Crippen molar-refractivity contribution in [3.05, 3.63) is 85.3 Å². The summed E-state index contributed by atoms with van der Waals surface area (Å²) in [6, 6.07) is 15.6. The van der Waals surface area contributed by atoms with Crippen molar-refractivity contribution >= 4 is 51.5 Å². The van der Waals surface area contributed by atoms with Gasteiger partial charge in [0.1, 0.15) is 21.8 Å². The number of aromatic nitrogens is 3. The normalized spacial score (nSPS) is 11.9. The summed E-state index contributed by atoms with van der Waals surface area (Å²) in [6.07, 6.45) is 1.64. The molecule has 0 saturated carbocycles. The van der Waals surface area contributed by atoms with Crippen molar-refractivity contribution in [1.29, 1.82) is 0 Å². The summed E-state index contributed by atoms with van der Waals surface area (Å²) < 4.78 is 12.7. The molecule has 0 amide bonds. The van der Waals surface area contributed by atoms with Gasteiger partial charge in [-0.2, -0.15) is 9.50 Å². The number of benzene rings is 2. The van der Waals surface area contributed by atoms with Gasteiger partial charge >= 0.3 is 5.97 Å². The molecule has 2 aromatic carbocycles. The van der Waals surface area contributed by atoms with Gasteiger partial charge in [0.25, 0.3) is 5.56 Å². The van der Waals surface area contributed by atoms with Crippen LogP contribution in [0.4, 0.5) is 0 Å². The molecular weight excluding hydrogens is 485 g/mol. The predicted octanol–water partition coefficient (Wildman–Crippen LogP) is 4.86. The number of para-hydroxylation sites is 1. The highest BCUT2D eigenvalue weighted by molar-refractivity contribution is 7.15. The first-order chi connectivity index (χ1) is 15.9. The molecule has 0 radical (unpaired) electrons. The molecule has 5 rings (SSSR count). The average Bonchev–Trinajstić information content (AvgIpc) is 3.48. The number of fused-ring (bicyclic) bond motifs is 1. The van der Waals surface area contributed by atoms with Crippen molar-refractivity contribution in [1.82, 2.24) is 14.6 Å². The third-order valence-electron chi connectivity index (χ3n) is 4.67. The minimum absolute atomic E-state index is 0.293. The molecule has 0 spiro atoms. The van der Waals surface area contributed by atoms with Gasteiger partial charge in [-0.05, 0) is 42.5 Å². The van der Waals surface area contributed by atoms with Gasteiger partial charge in [0.2, 0.25) is 4.96 Å². The zero-order valence-electron chi connectivity index (χ0n) is 16.9. The molecule has 0 bridgehead atoms. The molecule has 3 aromatic heterocycles. The number of thiazole rings is 1. The Balaban J connectivity index is 1.50. The second kappa shape index (κ2) is 8.47. The van der Waals surface area contributed by atoms with E-state index in [1.807, 2.05) is 0 Å². The molecule has 0 aliphatic rings. The topological polar surface area (TPSA) is 86.7 Å². The van der Waals surface area contributed by atoms with E-state index in [2.05, 4.69) is 10.1 Å². The molecule has 7 nitrogen and oxygen atoms in total. The standard InChI is InChI=1S/C23H13Cl2N3O4S/c1-12(29)31-19-5-3-2-4-15(19)21-26-23-28(27-21)22(30)20(33-23)11-14-7-9-18(32-14)13-6-8-16(24)17(25)10-13/h2-11H,1H3/b20-11-. The molecule has 0 N–H and O–H groups in total. The lowest BCUT2D eigenvalue weighted by molar-refractivity contribution is -0.131. The monoisotopic (exact) mass is 497 g/mol. The molecule has 33 heavy (non-hydrogen) atoms. The van der Waals surface area contributed by atoms with E-state index in [9.17, 15) is 9.59 Å². The maximum absolute atomic E-state index is 12.9. The molecule has 0 fully saturated rings. The summed E-state index contributed by atoms with van der Waals surface area (Å²) in [5, 5.41) is 5.20.